The van der Waals surface area contributed by atoms with Gasteiger partial charge in [0.1, 0.15) is 5.82 Å². The quantitative estimate of drug-likeness (QED) is 0.831. The van der Waals surface area contributed by atoms with E-state index in [1.54, 1.807) is 12.1 Å². The molecule has 0 heterocycles. The Labute approximate surface area is 101 Å². The van der Waals surface area contributed by atoms with Gasteiger partial charge in [0.2, 0.25) is 0 Å². The van der Waals surface area contributed by atoms with Crippen molar-refractivity contribution in [2.45, 2.75) is 45.1 Å². The molecule has 1 rings (SSSR count). The minimum absolute atomic E-state index is 0.130. The van der Waals surface area contributed by atoms with Crippen molar-refractivity contribution < 1.29 is 9.50 Å². The van der Waals surface area contributed by atoms with Crippen molar-refractivity contribution in [1.29, 1.82) is 0 Å². The topological polar surface area (TPSA) is 20.2 Å². The highest BCUT2D eigenvalue weighted by atomic mass is 35.5. The van der Waals surface area contributed by atoms with Crippen molar-refractivity contribution in [2.75, 3.05) is 0 Å². The van der Waals surface area contributed by atoms with Gasteiger partial charge in [-0.3, -0.25) is 0 Å². The van der Waals surface area contributed by atoms with E-state index < -0.39 is 11.4 Å². The lowest BCUT2D eigenvalue weighted by atomic mass is 9.88. The molecule has 1 aromatic rings. The fraction of sp³-hybridized carbons (Fsp3) is 0.538. The van der Waals surface area contributed by atoms with Crippen molar-refractivity contribution in [1.82, 2.24) is 0 Å². The highest BCUT2D eigenvalue weighted by Crippen LogP contribution is 2.28. The molecule has 0 aliphatic rings. The number of aliphatic hydroxyl groups is 1. The molecule has 3 heteroatoms. The van der Waals surface area contributed by atoms with Crippen molar-refractivity contribution >= 4 is 11.6 Å². The van der Waals surface area contributed by atoms with Gasteiger partial charge in [-0.25, -0.2) is 4.39 Å². The fourth-order valence-electron chi connectivity index (χ4n) is 1.90. The molecule has 1 aromatic carbocycles. The van der Waals surface area contributed by atoms with Crippen LogP contribution in [-0.2, 0) is 6.42 Å². The van der Waals surface area contributed by atoms with Gasteiger partial charge in [-0.05, 0) is 24.5 Å². The van der Waals surface area contributed by atoms with E-state index >= 15 is 0 Å². The standard InChI is InChI=1S/C13H18ClFO/c1-3-8-13(16,4-2)9-10-6-5-7-11(15)12(10)14/h5-7,16H,3-4,8-9H2,1-2H3. The zero-order valence-electron chi connectivity index (χ0n) is 9.76. The summed E-state index contributed by atoms with van der Waals surface area (Å²) in [7, 11) is 0. The number of halogens is 2. The van der Waals surface area contributed by atoms with E-state index in [9.17, 15) is 9.50 Å². The van der Waals surface area contributed by atoms with Crippen molar-refractivity contribution in [3.05, 3.63) is 34.6 Å². The minimum Gasteiger partial charge on any atom is -0.390 e. The van der Waals surface area contributed by atoms with Gasteiger partial charge in [-0.2, -0.15) is 0 Å². The summed E-state index contributed by atoms with van der Waals surface area (Å²) in [6, 6.07) is 4.72. The lowest BCUT2D eigenvalue weighted by Gasteiger charge is -2.26. The van der Waals surface area contributed by atoms with Crippen LogP contribution in [0.3, 0.4) is 0 Å². The minimum atomic E-state index is -0.772. The maximum absolute atomic E-state index is 13.2. The van der Waals surface area contributed by atoms with Crippen LogP contribution in [0.1, 0.15) is 38.7 Å². The third-order valence-corrected chi connectivity index (χ3v) is 3.35. The molecule has 0 spiro atoms. The molecule has 0 amide bonds. The van der Waals surface area contributed by atoms with Gasteiger partial charge in [-0.1, -0.05) is 44.0 Å². The first-order valence-corrected chi connectivity index (χ1v) is 6.05. The lowest BCUT2D eigenvalue weighted by Crippen LogP contribution is -2.30. The Kier molecular flexibility index (Phi) is 4.75. The normalized spacial score (nSPS) is 14.8. The average Bonchev–Trinajstić information content (AvgIpc) is 2.25. The summed E-state index contributed by atoms with van der Waals surface area (Å²) in [4.78, 5) is 0. The molecule has 0 aromatic heterocycles. The molecule has 0 bridgehead atoms. The number of hydrogen-bond acceptors (Lipinski definition) is 1. The number of hydrogen-bond donors (Lipinski definition) is 1. The van der Waals surface area contributed by atoms with Crippen LogP contribution >= 0.6 is 11.6 Å². The summed E-state index contributed by atoms with van der Waals surface area (Å²) >= 11 is 5.87. The van der Waals surface area contributed by atoms with Gasteiger partial charge in [0.05, 0.1) is 10.6 Å². The van der Waals surface area contributed by atoms with Crippen LogP contribution in [0.2, 0.25) is 5.02 Å². The van der Waals surface area contributed by atoms with Gasteiger partial charge >= 0.3 is 0 Å². The molecule has 0 aliphatic carbocycles. The fourth-order valence-corrected chi connectivity index (χ4v) is 2.09. The van der Waals surface area contributed by atoms with E-state index in [2.05, 4.69) is 0 Å². The third-order valence-electron chi connectivity index (χ3n) is 2.92. The van der Waals surface area contributed by atoms with Crippen LogP contribution in [0.4, 0.5) is 4.39 Å². The second kappa shape index (κ2) is 5.65. The Balaban J connectivity index is 2.90. The maximum atomic E-state index is 13.2. The highest BCUT2D eigenvalue weighted by molar-refractivity contribution is 6.31. The summed E-state index contributed by atoms with van der Waals surface area (Å²) in [5, 5.41) is 10.4. The number of benzene rings is 1. The van der Waals surface area contributed by atoms with Gasteiger partial charge < -0.3 is 5.11 Å². The van der Waals surface area contributed by atoms with Crippen molar-refractivity contribution in [2.24, 2.45) is 0 Å². The molecule has 0 saturated carbocycles. The molecular weight excluding hydrogens is 227 g/mol. The second-order valence-corrected chi connectivity index (χ2v) is 4.60. The Morgan fingerprint density at radius 2 is 2.06 bits per heavy atom. The zero-order valence-corrected chi connectivity index (χ0v) is 10.5. The molecule has 1 nitrogen and oxygen atoms in total. The van der Waals surface area contributed by atoms with E-state index in [4.69, 9.17) is 11.6 Å². The first kappa shape index (κ1) is 13.5. The summed E-state index contributed by atoms with van der Waals surface area (Å²) in [5.41, 5.74) is -0.0916. The largest absolute Gasteiger partial charge is 0.390 e. The predicted molar refractivity (Wildman–Crippen MR) is 65.3 cm³/mol. The summed E-state index contributed by atoms with van der Waals surface area (Å²) in [6.45, 7) is 3.96. The Morgan fingerprint density at radius 1 is 1.38 bits per heavy atom. The molecule has 90 valence electrons. The van der Waals surface area contributed by atoms with Crippen LogP contribution in [0.15, 0.2) is 18.2 Å². The molecule has 16 heavy (non-hydrogen) atoms. The van der Waals surface area contributed by atoms with Gasteiger partial charge in [-0.15, -0.1) is 0 Å². The predicted octanol–water partition coefficient (Wildman–Crippen LogP) is 3.96. The van der Waals surface area contributed by atoms with Crippen LogP contribution in [0, 0.1) is 5.82 Å². The molecule has 0 fully saturated rings. The number of rotatable bonds is 5. The Bertz CT molecular complexity index is 354. The van der Waals surface area contributed by atoms with Gasteiger partial charge in [0.15, 0.2) is 0 Å². The van der Waals surface area contributed by atoms with Crippen molar-refractivity contribution in [3.63, 3.8) is 0 Å². The molecule has 1 atom stereocenters. The van der Waals surface area contributed by atoms with Crippen molar-refractivity contribution in [3.8, 4) is 0 Å². The molecule has 0 radical (unpaired) electrons. The van der Waals surface area contributed by atoms with Crippen LogP contribution in [0.5, 0.6) is 0 Å². The summed E-state index contributed by atoms with van der Waals surface area (Å²) < 4.78 is 13.2. The molecule has 1 unspecified atom stereocenters. The van der Waals surface area contributed by atoms with E-state index in [-0.39, 0.29) is 5.02 Å². The second-order valence-electron chi connectivity index (χ2n) is 4.22. The van der Waals surface area contributed by atoms with Gasteiger partial charge in [0, 0.05) is 6.42 Å². The van der Waals surface area contributed by atoms with E-state index in [1.165, 1.54) is 6.07 Å². The monoisotopic (exact) mass is 244 g/mol. The van der Waals surface area contributed by atoms with Crippen LogP contribution < -0.4 is 0 Å². The molecule has 1 N–H and O–H groups in total. The smallest absolute Gasteiger partial charge is 0.142 e. The first-order valence-electron chi connectivity index (χ1n) is 5.67. The van der Waals surface area contributed by atoms with Crippen LogP contribution in [0.25, 0.3) is 0 Å². The SMILES string of the molecule is CCCC(O)(CC)Cc1cccc(F)c1Cl. The molecular formula is C13H18ClFO. The molecule has 0 saturated heterocycles. The van der Waals surface area contributed by atoms with Crippen LogP contribution in [-0.4, -0.2) is 10.7 Å². The van der Waals surface area contributed by atoms with Gasteiger partial charge in [0.25, 0.3) is 0 Å². The Morgan fingerprint density at radius 3 is 2.62 bits per heavy atom. The highest BCUT2D eigenvalue weighted by Gasteiger charge is 2.25. The lowest BCUT2D eigenvalue weighted by molar-refractivity contribution is 0.0270. The molecule has 0 aliphatic heterocycles. The zero-order chi connectivity index (χ0) is 12.2. The van der Waals surface area contributed by atoms with E-state index in [1.807, 2.05) is 13.8 Å². The summed E-state index contributed by atoms with van der Waals surface area (Å²) in [6.07, 6.45) is 2.66. The third kappa shape index (κ3) is 3.19. The average molecular weight is 245 g/mol. The van der Waals surface area contributed by atoms with E-state index in [0.29, 0.717) is 24.8 Å². The summed E-state index contributed by atoms with van der Waals surface area (Å²) in [5.74, 6) is -0.422. The van der Waals surface area contributed by atoms with E-state index in [0.717, 1.165) is 6.42 Å². The Hall–Kier alpha value is -0.600. The maximum Gasteiger partial charge on any atom is 0.142 e. The first-order chi connectivity index (χ1) is 7.52.